The van der Waals surface area contributed by atoms with Crippen molar-refractivity contribution in [2.24, 2.45) is 0 Å². The molecule has 2 rings (SSSR count). The first-order valence-corrected chi connectivity index (χ1v) is 7.48. The van der Waals surface area contributed by atoms with Crippen LogP contribution in [0.1, 0.15) is 24.7 Å². The molecule has 0 amide bonds. The highest BCUT2D eigenvalue weighted by molar-refractivity contribution is 9.10. The molecular formula is C15H16BrF2N3. The van der Waals surface area contributed by atoms with Crippen LogP contribution in [0.5, 0.6) is 0 Å². The van der Waals surface area contributed by atoms with Gasteiger partial charge >= 0.3 is 0 Å². The van der Waals surface area contributed by atoms with Crippen LogP contribution in [-0.4, -0.2) is 16.5 Å². The number of nitrogens with one attached hydrogen (secondary N) is 1. The predicted octanol–water partition coefficient (Wildman–Crippen LogP) is 4.62. The minimum atomic E-state index is -0.655. The Labute approximate surface area is 131 Å². The Morgan fingerprint density at radius 1 is 1.19 bits per heavy atom. The predicted molar refractivity (Wildman–Crippen MR) is 83.3 cm³/mol. The van der Waals surface area contributed by atoms with E-state index in [1.807, 2.05) is 6.92 Å². The molecule has 2 aromatic rings. The molecular weight excluding hydrogens is 340 g/mol. The molecule has 3 nitrogen and oxygen atoms in total. The van der Waals surface area contributed by atoms with Crippen LogP contribution < -0.4 is 5.32 Å². The number of hydrogen-bond donors (Lipinski definition) is 1. The lowest BCUT2D eigenvalue weighted by molar-refractivity contribution is 0.584. The summed E-state index contributed by atoms with van der Waals surface area (Å²) in [5.74, 6) is -0.220. The quantitative estimate of drug-likeness (QED) is 0.813. The van der Waals surface area contributed by atoms with E-state index < -0.39 is 11.6 Å². The molecule has 6 heteroatoms. The van der Waals surface area contributed by atoms with Crippen molar-refractivity contribution in [2.45, 2.75) is 27.2 Å². The molecule has 1 aromatic heterocycles. The summed E-state index contributed by atoms with van der Waals surface area (Å²) < 4.78 is 28.6. The average Bonchev–Trinajstić information content (AvgIpc) is 2.45. The number of aryl methyl sites for hydroxylation is 1. The van der Waals surface area contributed by atoms with Gasteiger partial charge in [-0.3, -0.25) is 0 Å². The third-order valence-electron chi connectivity index (χ3n) is 3.08. The third kappa shape index (κ3) is 3.20. The largest absolute Gasteiger partial charge is 0.370 e. The maximum absolute atomic E-state index is 14.3. The van der Waals surface area contributed by atoms with Crippen molar-refractivity contribution < 1.29 is 8.78 Å². The van der Waals surface area contributed by atoms with Crippen molar-refractivity contribution in [1.82, 2.24) is 9.97 Å². The summed E-state index contributed by atoms with van der Waals surface area (Å²) in [6.45, 7) is 6.23. The van der Waals surface area contributed by atoms with Crippen molar-refractivity contribution in [3.05, 3.63) is 39.6 Å². The number of rotatable bonds is 4. The van der Waals surface area contributed by atoms with E-state index in [0.717, 1.165) is 13.0 Å². The number of halogens is 3. The van der Waals surface area contributed by atoms with Crippen molar-refractivity contribution >= 4 is 21.7 Å². The van der Waals surface area contributed by atoms with Gasteiger partial charge in [0.2, 0.25) is 0 Å². The second-order valence-electron chi connectivity index (χ2n) is 4.74. The molecule has 21 heavy (non-hydrogen) atoms. The van der Waals surface area contributed by atoms with Crippen LogP contribution in [-0.2, 0) is 0 Å². The second kappa shape index (κ2) is 6.47. The highest BCUT2D eigenvalue weighted by Crippen LogP contribution is 2.33. The lowest BCUT2D eigenvalue weighted by Crippen LogP contribution is -2.08. The van der Waals surface area contributed by atoms with Gasteiger partial charge in [0.05, 0.1) is 15.7 Å². The van der Waals surface area contributed by atoms with Crippen molar-refractivity contribution in [3.63, 3.8) is 0 Å². The fraction of sp³-hybridized carbons (Fsp3) is 0.333. The Balaban J connectivity index is 2.64. The minimum Gasteiger partial charge on any atom is -0.370 e. The molecule has 0 aliphatic rings. The standard InChI is InChI=1S/C15H16BrF2N3/c1-4-7-19-15-8(2)14(20-9(3)21-15)12-11(17)6-5-10(16)13(12)18/h5-6H,4,7H2,1-3H3,(H,19,20,21). The molecule has 1 N–H and O–H groups in total. The summed E-state index contributed by atoms with van der Waals surface area (Å²) in [7, 11) is 0. The first-order chi connectivity index (χ1) is 9.95. The lowest BCUT2D eigenvalue weighted by atomic mass is 10.1. The van der Waals surface area contributed by atoms with Gasteiger partial charge in [-0.05, 0) is 48.3 Å². The number of hydrogen-bond acceptors (Lipinski definition) is 3. The van der Waals surface area contributed by atoms with Gasteiger partial charge in [-0.15, -0.1) is 0 Å². The molecule has 0 radical (unpaired) electrons. The van der Waals surface area contributed by atoms with Gasteiger partial charge in [0, 0.05) is 12.1 Å². The minimum absolute atomic E-state index is 0.132. The third-order valence-corrected chi connectivity index (χ3v) is 3.69. The molecule has 0 saturated heterocycles. The van der Waals surface area contributed by atoms with Gasteiger partial charge in [-0.2, -0.15) is 0 Å². The second-order valence-corrected chi connectivity index (χ2v) is 5.59. The van der Waals surface area contributed by atoms with Crippen LogP contribution in [0.25, 0.3) is 11.3 Å². The zero-order valence-corrected chi connectivity index (χ0v) is 13.7. The van der Waals surface area contributed by atoms with E-state index in [-0.39, 0.29) is 15.7 Å². The van der Waals surface area contributed by atoms with E-state index in [1.54, 1.807) is 13.8 Å². The number of anilines is 1. The fourth-order valence-corrected chi connectivity index (χ4v) is 2.36. The summed E-state index contributed by atoms with van der Waals surface area (Å²) in [5.41, 5.74) is 0.772. The number of nitrogens with zero attached hydrogens (tertiary/aromatic N) is 2. The van der Waals surface area contributed by atoms with Gasteiger partial charge in [-0.25, -0.2) is 18.7 Å². The molecule has 1 heterocycles. The molecule has 0 aliphatic heterocycles. The molecule has 0 spiro atoms. The zero-order chi connectivity index (χ0) is 15.6. The number of aromatic nitrogens is 2. The Morgan fingerprint density at radius 2 is 1.90 bits per heavy atom. The van der Waals surface area contributed by atoms with Crippen LogP contribution in [0, 0.1) is 25.5 Å². The van der Waals surface area contributed by atoms with Gasteiger partial charge in [0.1, 0.15) is 23.3 Å². The summed E-state index contributed by atoms with van der Waals surface area (Å²) in [6, 6.07) is 2.56. The van der Waals surface area contributed by atoms with Crippen LogP contribution >= 0.6 is 15.9 Å². The van der Waals surface area contributed by atoms with E-state index in [0.29, 0.717) is 17.2 Å². The van der Waals surface area contributed by atoms with Gasteiger partial charge in [-0.1, -0.05) is 6.92 Å². The Hall–Kier alpha value is -1.56. The van der Waals surface area contributed by atoms with Gasteiger partial charge < -0.3 is 5.32 Å². The smallest absolute Gasteiger partial charge is 0.149 e. The van der Waals surface area contributed by atoms with Crippen LogP contribution in [0.4, 0.5) is 14.6 Å². The Morgan fingerprint density at radius 3 is 2.57 bits per heavy atom. The first-order valence-electron chi connectivity index (χ1n) is 6.68. The topological polar surface area (TPSA) is 37.8 Å². The molecule has 0 aliphatic carbocycles. The summed E-state index contributed by atoms with van der Waals surface area (Å²) in [5, 5.41) is 3.16. The number of benzene rings is 1. The van der Waals surface area contributed by atoms with E-state index in [2.05, 4.69) is 31.2 Å². The molecule has 0 unspecified atom stereocenters. The van der Waals surface area contributed by atoms with Gasteiger partial charge in [0.15, 0.2) is 0 Å². The van der Waals surface area contributed by atoms with E-state index in [1.165, 1.54) is 12.1 Å². The highest BCUT2D eigenvalue weighted by atomic mass is 79.9. The van der Waals surface area contributed by atoms with Crippen molar-refractivity contribution in [1.29, 1.82) is 0 Å². The lowest BCUT2D eigenvalue weighted by Gasteiger charge is -2.14. The SMILES string of the molecule is CCCNc1nc(C)nc(-c2c(F)ccc(Br)c2F)c1C. The maximum Gasteiger partial charge on any atom is 0.149 e. The summed E-state index contributed by atoms with van der Waals surface area (Å²) >= 11 is 3.08. The Kier molecular flexibility index (Phi) is 4.88. The highest BCUT2D eigenvalue weighted by Gasteiger charge is 2.20. The van der Waals surface area contributed by atoms with Crippen molar-refractivity contribution in [2.75, 3.05) is 11.9 Å². The molecule has 0 atom stereocenters. The molecule has 1 aromatic carbocycles. The zero-order valence-electron chi connectivity index (χ0n) is 12.1. The molecule has 112 valence electrons. The van der Waals surface area contributed by atoms with E-state index >= 15 is 0 Å². The average molecular weight is 356 g/mol. The van der Waals surface area contributed by atoms with E-state index in [4.69, 9.17) is 0 Å². The van der Waals surface area contributed by atoms with Crippen LogP contribution in [0.3, 0.4) is 0 Å². The summed E-state index contributed by atoms with van der Waals surface area (Å²) in [4.78, 5) is 8.52. The first kappa shape index (κ1) is 15.8. The molecule has 0 fully saturated rings. The monoisotopic (exact) mass is 355 g/mol. The van der Waals surface area contributed by atoms with Crippen molar-refractivity contribution in [3.8, 4) is 11.3 Å². The molecule has 0 bridgehead atoms. The normalized spacial score (nSPS) is 10.8. The van der Waals surface area contributed by atoms with Gasteiger partial charge in [0.25, 0.3) is 0 Å². The summed E-state index contributed by atoms with van der Waals surface area (Å²) in [6.07, 6.45) is 0.928. The van der Waals surface area contributed by atoms with Crippen LogP contribution in [0.2, 0.25) is 0 Å². The maximum atomic E-state index is 14.3. The van der Waals surface area contributed by atoms with E-state index in [9.17, 15) is 8.78 Å². The Bertz CT molecular complexity index is 674. The fourth-order valence-electron chi connectivity index (χ4n) is 2.03. The molecule has 0 saturated carbocycles. The van der Waals surface area contributed by atoms with Crippen LogP contribution in [0.15, 0.2) is 16.6 Å².